The molecule has 1 atom stereocenters. The van der Waals surface area contributed by atoms with Crippen LogP contribution >= 0.6 is 0 Å². The molecule has 9 nitrogen and oxygen atoms in total. The standard InChI is InChI=1S/C30H32F3N5O4/c1-17(2)37-29(41)36-15-19-9-23(30(31,32)33)14-24(10-19)38-28(40)21-4-3-20-5-6-25(13-22(20)12-21)42-16-18-7-8-35-26(11-18)27(34)39/h5-11,13-14,17,21H,3-4,12,15-16H2,1-2H3,(H2,34,39)(H,38,40)(H2,36,37,41). The van der Waals surface area contributed by atoms with Crippen molar-refractivity contribution in [2.45, 2.75) is 58.5 Å². The van der Waals surface area contributed by atoms with E-state index in [0.29, 0.717) is 30.6 Å². The van der Waals surface area contributed by atoms with E-state index in [9.17, 15) is 27.6 Å². The van der Waals surface area contributed by atoms with Gasteiger partial charge in [0.05, 0.1) is 5.56 Å². The summed E-state index contributed by atoms with van der Waals surface area (Å²) < 4.78 is 46.7. The first kappa shape index (κ1) is 30.4. The summed E-state index contributed by atoms with van der Waals surface area (Å²) in [5.41, 5.74) is 7.40. The van der Waals surface area contributed by atoms with E-state index in [2.05, 4.69) is 20.9 Å². The maximum atomic E-state index is 13.6. The third-order valence-electron chi connectivity index (χ3n) is 6.72. The molecule has 3 aromatic rings. The van der Waals surface area contributed by atoms with Crippen molar-refractivity contribution in [2.24, 2.45) is 11.7 Å². The average molecular weight is 584 g/mol. The maximum Gasteiger partial charge on any atom is 0.416 e. The van der Waals surface area contributed by atoms with Crippen LogP contribution in [0.4, 0.5) is 23.7 Å². The second-order valence-electron chi connectivity index (χ2n) is 10.5. The number of ether oxygens (including phenoxy) is 1. The van der Waals surface area contributed by atoms with Crippen LogP contribution < -0.4 is 26.4 Å². The van der Waals surface area contributed by atoms with Crippen LogP contribution in [0.25, 0.3) is 0 Å². The lowest BCUT2D eigenvalue weighted by molar-refractivity contribution is -0.137. The van der Waals surface area contributed by atoms with Crippen LogP contribution in [0.2, 0.25) is 0 Å². The number of benzene rings is 2. The fourth-order valence-electron chi connectivity index (χ4n) is 4.68. The molecule has 0 radical (unpaired) electrons. The van der Waals surface area contributed by atoms with Gasteiger partial charge in [-0.2, -0.15) is 13.2 Å². The number of urea groups is 1. The highest BCUT2D eigenvalue weighted by Gasteiger charge is 2.32. The van der Waals surface area contributed by atoms with E-state index >= 15 is 0 Å². The summed E-state index contributed by atoms with van der Waals surface area (Å²) in [6.07, 6.45) is -1.60. The number of rotatable bonds is 9. The van der Waals surface area contributed by atoms with E-state index in [0.717, 1.165) is 23.3 Å². The Morgan fingerprint density at radius 3 is 2.55 bits per heavy atom. The molecule has 0 fully saturated rings. The molecule has 1 unspecified atom stereocenters. The van der Waals surface area contributed by atoms with E-state index in [1.165, 1.54) is 12.3 Å². The number of carbonyl (C=O) groups excluding carboxylic acids is 3. The van der Waals surface area contributed by atoms with Gasteiger partial charge in [0.1, 0.15) is 18.1 Å². The van der Waals surface area contributed by atoms with E-state index in [1.54, 1.807) is 26.0 Å². The minimum Gasteiger partial charge on any atom is -0.489 e. The number of primary amides is 1. The fourth-order valence-corrected chi connectivity index (χ4v) is 4.68. The second kappa shape index (κ2) is 12.9. The number of aromatic nitrogens is 1. The van der Waals surface area contributed by atoms with Gasteiger partial charge >= 0.3 is 12.2 Å². The molecule has 1 aromatic heterocycles. The smallest absolute Gasteiger partial charge is 0.416 e. The zero-order valence-corrected chi connectivity index (χ0v) is 23.2. The van der Waals surface area contributed by atoms with Gasteiger partial charge in [-0.15, -0.1) is 0 Å². The molecule has 5 N–H and O–H groups in total. The molecular weight excluding hydrogens is 551 g/mol. The van der Waals surface area contributed by atoms with Gasteiger partial charge in [-0.05, 0) is 97.8 Å². The number of nitrogens with two attached hydrogens (primary N) is 1. The van der Waals surface area contributed by atoms with Gasteiger partial charge in [0.15, 0.2) is 0 Å². The first-order valence-corrected chi connectivity index (χ1v) is 13.4. The molecule has 12 heteroatoms. The van der Waals surface area contributed by atoms with Crippen LogP contribution in [-0.2, 0) is 37.0 Å². The minimum absolute atomic E-state index is 0.00598. The Morgan fingerprint density at radius 1 is 1.05 bits per heavy atom. The highest BCUT2D eigenvalue weighted by Crippen LogP contribution is 2.33. The molecule has 1 aliphatic rings. The van der Waals surface area contributed by atoms with Gasteiger partial charge in [0.2, 0.25) is 5.91 Å². The molecule has 42 heavy (non-hydrogen) atoms. The van der Waals surface area contributed by atoms with E-state index in [1.807, 2.05) is 18.2 Å². The highest BCUT2D eigenvalue weighted by molar-refractivity contribution is 5.93. The number of hydrogen-bond acceptors (Lipinski definition) is 5. The zero-order valence-electron chi connectivity index (χ0n) is 23.2. The number of nitrogens with one attached hydrogen (secondary N) is 3. The predicted octanol–water partition coefficient (Wildman–Crippen LogP) is 4.73. The Balaban J connectivity index is 1.43. The highest BCUT2D eigenvalue weighted by atomic mass is 19.4. The van der Waals surface area contributed by atoms with Crippen LogP contribution in [0, 0.1) is 5.92 Å². The summed E-state index contributed by atoms with van der Waals surface area (Å²) in [7, 11) is 0. The lowest BCUT2D eigenvalue weighted by Gasteiger charge is -2.25. The molecule has 2 aromatic carbocycles. The van der Waals surface area contributed by atoms with Crippen LogP contribution in [0.5, 0.6) is 5.75 Å². The Bertz CT molecular complexity index is 1480. The van der Waals surface area contributed by atoms with Gasteiger partial charge in [-0.3, -0.25) is 14.6 Å². The number of halogens is 3. The van der Waals surface area contributed by atoms with E-state index in [4.69, 9.17) is 10.5 Å². The fraction of sp³-hybridized carbons (Fsp3) is 0.333. The number of anilines is 1. The maximum absolute atomic E-state index is 13.6. The van der Waals surface area contributed by atoms with E-state index in [-0.39, 0.29) is 36.1 Å². The predicted molar refractivity (Wildman–Crippen MR) is 150 cm³/mol. The molecule has 0 saturated heterocycles. The Hall–Kier alpha value is -4.61. The summed E-state index contributed by atoms with van der Waals surface area (Å²) in [5, 5.41) is 7.79. The summed E-state index contributed by atoms with van der Waals surface area (Å²) >= 11 is 0. The number of pyridine rings is 1. The number of carbonyl (C=O) groups is 3. The van der Waals surface area contributed by atoms with Crippen LogP contribution in [0.1, 0.15) is 58.6 Å². The van der Waals surface area contributed by atoms with Crippen molar-refractivity contribution in [3.05, 3.63) is 88.2 Å². The molecule has 4 amide bonds. The van der Waals surface area contributed by atoms with Crippen LogP contribution in [0.15, 0.2) is 54.7 Å². The molecule has 0 saturated carbocycles. The van der Waals surface area contributed by atoms with Crippen LogP contribution in [-0.4, -0.2) is 28.9 Å². The molecule has 1 aliphatic carbocycles. The van der Waals surface area contributed by atoms with Crippen molar-refractivity contribution in [1.82, 2.24) is 15.6 Å². The van der Waals surface area contributed by atoms with Gasteiger partial charge in [0, 0.05) is 30.4 Å². The normalized spacial score (nSPS) is 14.6. The number of aryl methyl sites for hydroxylation is 1. The van der Waals surface area contributed by atoms with Gasteiger partial charge in [0.25, 0.3) is 5.91 Å². The van der Waals surface area contributed by atoms with Crippen molar-refractivity contribution in [1.29, 1.82) is 0 Å². The minimum atomic E-state index is -4.63. The monoisotopic (exact) mass is 583 g/mol. The Morgan fingerprint density at radius 2 is 1.83 bits per heavy atom. The summed E-state index contributed by atoms with van der Waals surface area (Å²) in [4.78, 5) is 40.4. The topological polar surface area (TPSA) is 135 Å². The summed E-state index contributed by atoms with van der Waals surface area (Å²) in [6, 6.07) is 11.5. The average Bonchev–Trinajstić information content (AvgIpc) is 2.93. The number of amides is 4. The third kappa shape index (κ3) is 8.21. The SMILES string of the molecule is CC(C)NC(=O)NCc1cc(NC(=O)C2CCc3ccc(OCc4ccnc(C(N)=O)c4)cc3C2)cc(C(F)(F)F)c1. The van der Waals surface area contributed by atoms with Gasteiger partial charge < -0.3 is 26.4 Å². The molecule has 4 rings (SSSR count). The molecule has 0 bridgehead atoms. The molecule has 0 spiro atoms. The number of nitrogens with zero attached hydrogens (tertiary/aromatic N) is 1. The number of fused-ring (bicyclic) bond motifs is 1. The number of alkyl halides is 3. The first-order chi connectivity index (χ1) is 19.9. The molecule has 222 valence electrons. The van der Waals surface area contributed by atoms with Crippen molar-refractivity contribution < 1.29 is 32.3 Å². The quantitative estimate of drug-likeness (QED) is 0.289. The van der Waals surface area contributed by atoms with Crippen molar-refractivity contribution in [2.75, 3.05) is 5.32 Å². The van der Waals surface area contributed by atoms with Crippen molar-refractivity contribution in [3.8, 4) is 5.75 Å². The Labute approximate surface area is 241 Å². The lowest BCUT2D eigenvalue weighted by Crippen LogP contribution is -2.39. The molecule has 0 aliphatic heterocycles. The Kier molecular flexibility index (Phi) is 9.34. The summed E-state index contributed by atoms with van der Waals surface area (Å²) in [6.45, 7) is 3.56. The zero-order chi connectivity index (χ0) is 30.4. The van der Waals surface area contributed by atoms with Gasteiger partial charge in [-0.1, -0.05) is 6.07 Å². The summed E-state index contributed by atoms with van der Waals surface area (Å²) in [5.74, 6) is -0.914. The number of hydrogen-bond donors (Lipinski definition) is 4. The van der Waals surface area contributed by atoms with Gasteiger partial charge in [-0.25, -0.2) is 4.79 Å². The first-order valence-electron chi connectivity index (χ1n) is 13.4. The van der Waals surface area contributed by atoms with Crippen LogP contribution in [0.3, 0.4) is 0 Å². The van der Waals surface area contributed by atoms with E-state index < -0.39 is 35.5 Å². The molecule has 1 heterocycles. The van der Waals surface area contributed by atoms with Crippen molar-refractivity contribution in [3.63, 3.8) is 0 Å². The van der Waals surface area contributed by atoms with Crippen molar-refractivity contribution >= 4 is 23.5 Å². The third-order valence-corrected chi connectivity index (χ3v) is 6.72. The molecular formula is C30H32F3N5O4. The second-order valence-corrected chi connectivity index (χ2v) is 10.5. The lowest BCUT2D eigenvalue weighted by atomic mass is 9.83. The largest absolute Gasteiger partial charge is 0.489 e.